The Kier molecular flexibility index (Phi) is 6.66. The molecule has 0 aliphatic carbocycles. The maximum atomic E-state index is 13.8. The fraction of sp³-hybridized carbons (Fsp3) is 0.429. The number of aliphatic hydroxyl groups excluding tert-OH is 1. The number of pyridine rings is 1. The van der Waals surface area contributed by atoms with E-state index in [9.17, 15) is 19.1 Å². The van der Waals surface area contributed by atoms with Gasteiger partial charge in [-0.3, -0.25) is 9.59 Å². The first kappa shape index (κ1) is 21.0. The molecule has 2 atom stereocenters. The summed E-state index contributed by atoms with van der Waals surface area (Å²) in [6.07, 6.45) is 1.27. The van der Waals surface area contributed by atoms with Gasteiger partial charge < -0.3 is 24.0 Å². The van der Waals surface area contributed by atoms with E-state index < -0.39 is 17.9 Å². The van der Waals surface area contributed by atoms with Gasteiger partial charge in [0.25, 0.3) is 0 Å². The van der Waals surface area contributed by atoms with E-state index in [0.717, 1.165) is 0 Å². The summed E-state index contributed by atoms with van der Waals surface area (Å²) in [6, 6.07) is 7.36. The highest BCUT2D eigenvalue weighted by atomic mass is 19.1. The summed E-state index contributed by atoms with van der Waals surface area (Å²) < 4.78 is 26.4. The molecular weight excluding hydrogens is 379 g/mol. The van der Waals surface area contributed by atoms with Crippen LogP contribution in [0.3, 0.4) is 0 Å². The number of benzene rings is 1. The number of carbonyl (C=O) groups excluding carboxylic acids is 1. The van der Waals surface area contributed by atoms with E-state index in [0.29, 0.717) is 24.3 Å². The fourth-order valence-electron chi connectivity index (χ4n) is 3.38. The van der Waals surface area contributed by atoms with Crippen LogP contribution in [0.15, 0.2) is 41.3 Å². The molecule has 2 aromatic rings. The van der Waals surface area contributed by atoms with Crippen LogP contribution in [0, 0.1) is 5.82 Å². The van der Waals surface area contributed by atoms with Crippen LogP contribution < -0.4 is 10.2 Å². The predicted molar refractivity (Wildman–Crippen MR) is 104 cm³/mol. The van der Waals surface area contributed by atoms with Crippen LogP contribution in [0.2, 0.25) is 0 Å². The number of hydrogen-bond donors (Lipinski definition) is 1. The molecule has 29 heavy (non-hydrogen) atoms. The van der Waals surface area contributed by atoms with Gasteiger partial charge in [-0.1, -0.05) is 18.2 Å². The average molecular weight is 404 g/mol. The zero-order chi connectivity index (χ0) is 21.0. The third-order valence-electron chi connectivity index (χ3n) is 4.76. The lowest BCUT2D eigenvalue weighted by Gasteiger charge is -2.35. The highest BCUT2D eigenvalue weighted by Crippen LogP contribution is 2.15. The van der Waals surface area contributed by atoms with Crippen LogP contribution in [0.25, 0.3) is 0 Å². The maximum absolute atomic E-state index is 13.8. The number of nitrogens with zero attached hydrogens (tertiary/aromatic N) is 2. The van der Waals surface area contributed by atoms with Crippen LogP contribution in [-0.4, -0.2) is 45.8 Å². The second kappa shape index (κ2) is 9.19. The van der Waals surface area contributed by atoms with Crippen molar-refractivity contribution in [1.82, 2.24) is 9.47 Å². The van der Waals surface area contributed by atoms with Crippen LogP contribution in [-0.2, 0) is 29.3 Å². The van der Waals surface area contributed by atoms with Gasteiger partial charge in [0.15, 0.2) is 5.75 Å². The molecule has 1 aliphatic heterocycles. The van der Waals surface area contributed by atoms with Gasteiger partial charge >= 0.3 is 0 Å². The lowest BCUT2D eigenvalue weighted by molar-refractivity contribution is -0.143. The van der Waals surface area contributed by atoms with Gasteiger partial charge in [-0.2, -0.15) is 0 Å². The summed E-state index contributed by atoms with van der Waals surface area (Å²) in [5.41, 5.74) is 0.177. The smallest absolute Gasteiger partial charge is 0.242 e. The molecule has 8 heteroatoms. The van der Waals surface area contributed by atoms with Gasteiger partial charge in [0.1, 0.15) is 19.0 Å². The Balaban J connectivity index is 1.77. The Labute approximate surface area is 168 Å². The fourth-order valence-corrected chi connectivity index (χ4v) is 3.38. The first-order chi connectivity index (χ1) is 13.9. The highest BCUT2D eigenvalue weighted by molar-refractivity contribution is 5.76. The molecule has 1 N–H and O–H groups in total. The Morgan fingerprint density at radius 1 is 1.28 bits per heavy atom. The van der Waals surface area contributed by atoms with Gasteiger partial charge in [-0.25, -0.2) is 4.39 Å². The van der Waals surface area contributed by atoms with Gasteiger partial charge in [0, 0.05) is 30.4 Å². The van der Waals surface area contributed by atoms with Gasteiger partial charge in [0.05, 0.1) is 25.0 Å². The number of amides is 1. The minimum atomic E-state index is -0.442. The Morgan fingerprint density at radius 3 is 2.62 bits per heavy atom. The number of ether oxygens (including phenoxy) is 2. The second-order valence-electron chi connectivity index (χ2n) is 7.22. The minimum Gasteiger partial charge on any atom is -0.483 e. The number of rotatable bonds is 6. The lowest BCUT2D eigenvalue weighted by atomic mass is 10.2. The van der Waals surface area contributed by atoms with Crippen LogP contribution in [0.1, 0.15) is 25.1 Å². The van der Waals surface area contributed by atoms with Gasteiger partial charge in [-0.05, 0) is 19.9 Å². The minimum absolute atomic E-state index is 0.0121. The molecule has 1 aromatic carbocycles. The normalized spacial score (nSPS) is 19.2. The molecule has 0 saturated carbocycles. The number of aromatic nitrogens is 1. The van der Waals surface area contributed by atoms with Gasteiger partial charge in [-0.15, -0.1) is 0 Å². The van der Waals surface area contributed by atoms with Crippen molar-refractivity contribution in [3.63, 3.8) is 0 Å². The molecule has 1 aromatic heterocycles. The molecule has 2 unspecified atom stereocenters. The summed E-state index contributed by atoms with van der Waals surface area (Å²) in [4.78, 5) is 26.7. The van der Waals surface area contributed by atoms with E-state index >= 15 is 0 Å². The van der Waals surface area contributed by atoms with Crippen molar-refractivity contribution < 1.29 is 23.8 Å². The Hall–Kier alpha value is -2.71. The summed E-state index contributed by atoms with van der Waals surface area (Å²) in [5, 5.41) is 9.59. The first-order valence-corrected chi connectivity index (χ1v) is 9.51. The van der Waals surface area contributed by atoms with Crippen molar-refractivity contribution in [3.8, 4) is 5.75 Å². The SMILES string of the molecule is CC1CN(C(=O)Cn2cc(OCc3ccccc3F)c(=O)cc2CO)CC(C)O1. The quantitative estimate of drug-likeness (QED) is 0.793. The number of morpholine rings is 1. The number of halogens is 1. The molecule has 7 nitrogen and oxygen atoms in total. The van der Waals surface area contributed by atoms with E-state index in [2.05, 4.69) is 0 Å². The number of carbonyl (C=O) groups is 1. The van der Waals surface area contributed by atoms with E-state index in [4.69, 9.17) is 9.47 Å². The van der Waals surface area contributed by atoms with Crippen molar-refractivity contribution in [2.75, 3.05) is 13.1 Å². The van der Waals surface area contributed by atoms with Crippen LogP contribution >= 0.6 is 0 Å². The topological polar surface area (TPSA) is 81.0 Å². The van der Waals surface area contributed by atoms with Crippen molar-refractivity contribution in [2.24, 2.45) is 0 Å². The summed E-state index contributed by atoms with van der Waals surface area (Å²) in [5.74, 6) is -0.585. The predicted octanol–water partition coefficient (Wildman–Crippen LogP) is 1.69. The molecule has 0 spiro atoms. The van der Waals surface area contributed by atoms with Crippen molar-refractivity contribution in [1.29, 1.82) is 0 Å². The molecule has 1 saturated heterocycles. The van der Waals surface area contributed by atoms with Crippen LogP contribution in [0.4, 0.5) is 4.39 Å². The average Bonchev–Trinajstić information content (AvgIpc) is 2.68. The summed E-state index contributed by atoms with van der Waals surface area (Å²) in [6.45, 7) is 4.21. The highest BCUT2D eigenvalue weighted by Gasteiger charge is 2.26. The zero-order valence-electron chi connectivity index (χ0n) is 16.5. The van der Waals surface area contributed by atoms with E-state index in [1.54, 1.807) is 23.1 Å². The molecule has 156 valence electrons. The molecule has 1 aliphatic rings. The van der Waals surface area contributed by atoms with E-state index in [1.165, 1.54) is 22.9 Å². The van der Waals surface area contributed by atoms with Crippen molar-refractivity contribution in [3.05, 3.63) is 63.8 Å². The molecule has 3 rings (SSSR count). The third-order valence-corrected chi connectivity index (χ3v) is 4.76. The second-order valence-corrected chi connectivity index (χ2v) is 7.22. The lowest BCUT2D eigenvalue weighted by Crippen LogP contribution is -2.49. The standard InChI is InChI=1S/C21H25FN2O5/c1-14-8-24(9-15(2)29-14)21(27)11-23-10-20(19(26)7-17(23)12-25)28-13-16-5-3-4-6-18(16)22/h3-7,10,14-15,25H,8-9,11-13H2,1-2H3. The zero-order valence-corrected chi connectivity index (χ0v) is 16.5. The Bertz CT molecular complexity index is 920. The largest absolute Gasteiger partial charge is 0.483 e. The molecule has 1 fully saturated rings. The summed E-state index contributed by atoms with van der Waals surface area (Å²) >= 11 is 0. The van der Waals surface area contributed by atoms with Crippen molar-refractivity contribution in [2.45, 2.75) is 45.8 Å². The van der Waals surface area contributed by atoms with Crippen molar-refractivity contribution >= 4 is 5.91 Å². The molecular formula is C21H25FN2O5. The first-order valence-electron chi connectivity index (χ1n) is 9.51. The number of aliphatic hydroxyl groups is 1. The number of hydrogen-bond acceptors (Lipinski definition) is 5. The molecule has 2 heterocycles. The monoisotopic (exact) mass is 404 g/mol. The third kappa shape index (κ3) is 5.21. The summed E-state index contributed by atoms with van der Waals surface area (Å²) in [7, 11) is 0. The van der Waals surface area contributed by atoms with Crippen LogP contribution in [0.5, 0.6) is 5.75 Å². The molecule has 0 radical (unpaired) electrons. The van der Waals surface area contributed by atoms with Gasteiger partial charge in [0.2, 0.25) is 11.3 Å². The maximum Gasteiger partial charge on any atom is 0.242 e. The Morgan fingerprint density at radius 2 is 1.97 bits per heavy atom. The van der Waals surface area contributed by atoms with E-state index in [-0.39, 0.29) is 37.0 Å². The molecule has 0 bridgehead atoms. The molecule has 1 amide bonds. The van der Waals surface area contributed by atoms with E-state index in [1.807, 2.05) is 13.8 Å².